The fourth-order valence-electron chi connectivity index (χ4n) is 2.80. The lowest BCUT2D eigenvalue weighted by Gasteiger charge is -2.46. The Kier molecular flexibility index (Phi) is 7.22. The Balaban J connectivity index is 4.86. The Hall–Kier alpha value is -0.290. The van der Waals surface area contributed by atoms with Crippen molar-refractivity contribution in [2.24, 2.45) is 0 Å². The predicted molar refractivity (Wildman–Crippen MR) is 67.5 cm³/mol. The molecule has 0 aliphatic rings. The number of aliphatic hydroxyl groups excluding tert-OH is 1. The summed E-state index contributed by atoms with van der Waals surface area (Å²) in [4.78, 5) is 2.08. The standard InChI is InChI=1S/C13H26F3NO/c1-5-12(6-2,17(7-3)8-4)11(18)9-10-13(14,15)16/h11,18H,5-10H2,1-4H3. The Morgan fingerprint density at radius 2 is 1.44 bits per heavy atom. The third-order valence-corrected chi connectivity index (χ3v) is 3.94. The van der Waals surface area contributed by atoms with Crippen LogP contribution >= 0.6 is 0 Å². The Labute approximate surface area is 108 Å². The molecule has 0 saturated heterocycles. The molecule has 0 bridgehead atoms. The highest BCUT2D eigenvalue weighted by Crippen LogP contribution is 2.32. The summed E-state index contributed by atoms with van der Waals surface area (Å²) in [7, 11) is 0. The number of aliphatic hydroxyl groups is 1. The molecule has 0 fully saturated rings. The average molecular weight is 269 g/mol. The van der Waals surface area contributed by atoms with Gasteiger partial charge in [-0.05, 0) is 32.4 Å². The molecule has 2 nitrogen and oxygen atoms in total. The third-order valence-electron chi connectivity index (χ3n) is 3.94. The van der Waals surface area contributed by atoms with Crippen molar-refractivity contribution < 1.29 is 18.3 Å². The highest BCUT2D eigenvalue weighted by Gasteiger charge is 2.40. The van der Waals surface area contributed by atoms with E-state index in [-0.39, 0.29) is 6.42 Å². The molecular formula is C13H26F3NO. The summed E-state index contributed by atoms with van der Waals surface area (Å²) < 4.78 is 36.8. The maximum atomic E-state index is 12.3. The smallest absolute Gasteiger partial charge is 0.389 e. The monoisotopic (exact) mass is 269 g/mol. The Morgan fingerprint density at radius 1 is 1.00 bits per heavy atom. The maximum Gasteiger partial charge on any atom is 0.389 e. The van der Waals surface area contributed by atoms with Crippen molar-refractivity contribution in [1.82, 2.24) is 4.90 Å². The molecular weight excluding hydrogens is 243 g/mol. The number of nitrogens with zero attached hydrogens (tertiary/aromatic N) is 1. The Bertz CT molecular complexity index is 223. The van der Waals surface area contributed by atoms with E-state index in [0.717, 1.165) is 13.1 Å². The molecule has 110 valence electrons. The second-order valence-electron chi connectivity index (χ2n) is 4.65. The zero-order valence-electron chi connectivity index (χ0n) is 11.8. The van der Waals surface area contributed by atoms with Crippen LogP contribution < -0.4 is 0 Å². The van der Waals surface area contributed by atoms with E-state index in [4.69, 9.17) is 0 Å². The fraction of sp³-hybridized carbons (Fsp3) is 1.00. The molecule has 0 spiro atoms. The van der Waals surface area contributed by atoms with Crippen molar-refractivity contribution in [2.45, 2.75) is 71.2 Å². The van der Waals surface area contributed by atoms with Crippen LogP contribution in [0.5, 0.6) is 0 Å². The second kappa shape index (κ2) is 7.34. The van der Waals surface area contributed by atoms with Gasteiger partial charge in [-0.3, -0.25) is 4.90 Å². The highest BCUT2D eigenvalue weighted by atomic mass is 19.4. The summed E-state index contributed by atoms with van der Waals surface area (Å²) in [6, 6.07) is 0. The molecule has 5 heteroatoms. The second-order valence-corrected chi connectivity index (χ2v) is 4.65. The van der Waals surface area contributed by atoms with Crippen LogP contribution in [0.4, 0.5) is 13.2 Å². The van der Waals surface area contributed by atoms with Crippen molar-refractivity contribution >= 4 is 0 Å². The van der Waals surface area contributed by atoms with Crippen LogP contribution in [0.2, 0.25) is 0 Å². The number of hydrogen-bond donors (Lipinski definition) is 1. The number of alkyl halides is 3. The van der Waals surface area contributed by atoms with Crippen molar-refractivity contribution in [3.8, 4) is 0 Å². The maximum absolute atomic E-state index is 12.3. The van der Waals surface area contributed by atoms with E-state index >= 15 is 0 Å². The van der Waals surface area contributed by atoms with Gasteiger partial charge in [0.1, 0.15) is 0 Å². The van der Waals surface area contributed by atoms with Gasteiger partial charge in [-0.1, -0.05) is 27.7 Å². The molecule has 0 aromatic heterocycles. The number of hydrogen-bond acceptors (Lipinski definition) is 2. The minimum absolute atomic E-state index is 0.221. The van der Waals surface area contributed by atoms with Gasteiger partial charge in [0.25, 0.3) is 0 Å². The molecule has 0 amide bonds. The predicted octanol–water partition coefficient (Wildman–Crippen LogP) is 3.59. The first kappa shape index (κ1) is 17.7. The first-order valence-corrected chi connectivity index (χ1v) is 6.77. The molecule has 0 saturated carbocycles. The molecule has 0 aliphatic heterocycles. The molecule has 1 atom stereocenters. The molecule has 18 heavy (non-hydrogen) atoms. The van der Waals surface area contributed by atoms with Crippen LogP contribution in [0.3, 0.4) is 0 Å². The number of rotatable bonds is 8. The molecule has 0 rings (SSSR count). The molecule has 0 aromatic rings. The van der Waals surface area contributed by atoms with E-state index in [1.807, 2.05) is 27.7 Å². The van der Waals surface area contributed by atoms with Crippen LogP contribution in [0.1, 0.15) is 53.4 Å². The van der Waals surface area contributed by atoms with E-state index in [0.29, 0.717) is 12.8 Å². The Morgan fingerprint density at radius 3 is 1.72 bits per heavy atom. The van der Waals surface area contributed by atoms with Crippen LogP contribution in [-0.4, -0.2) is 40.9 Å². The fourth-order valence-corrected chi connectivity index (χ4v) is 2.80. The van der Waals surface area contributed by atoms with Gasteiger partial charge in [0.05, 0.1) is 6.10 Å². The van der Waals surface area contributed by atoms with Crippen LogP contribution in [0.25, 0.3) is 0 Å². The SMILES string of the molecule is CCN(CC)C(CC)(CC)C(O)CCC(F)(F)F. The highest BCUT2D eigenvalue weighted by molar-refractivity contribution is 4.94. The van der Waals surface area contributed by atoms with Gasteiger partial charge in [0, 0.05) is 12.0 Å². The summed E-state index contributed by atoms with van der Waals surface area (Å²) >= 11 is 0. The van der Waals surface area contributed by atoms with Gasteiger partial charge in [0.15, 0.2) is 0 Å². The topological polar surface area (TPSA) is 23.5 Å². The molecule has 1 N–H and O–H groups in total. The van der Waals surface area contributed by atoms with E-state index in [9.17, 15) is 18.3 Å². The van der Waals surface area contributed by atoms with E-state index in [1.54, 1.807) is 0 Å². The summed E-state index contributed by atoms with van der Waals surface area (Å²) in [5.74, 6) is 0. The first-order valence-electron chi connectivity index (χ1n) is 6.77. The van der Waals surface area contributed by atoms with E-state index < -0.39 is 24.2 Å². The largest absolute Gasteiger partial charge is 0.391 e. The third kappa shape index (κ3) is 4.43. The summed E-state index contributed by atoms with van der Waals surface area (Å²) in [5.41, 5.74) is -0.533. The summed E-state index contributed by atoms with van der Waals surface area (Å²) in [5, 5.41) is 10.2. The molecule has 0 aliphatic carbocycles. The molecule has 0 aromatic carbocycles. The first-order chi connectivity index (χ1) is 8.27. The van der Waals surface area contributed by atoms with Gasteiger partial charge in [0.2, 0.25) is 0 Å². The van der Waals surface area contributed by atoms with E-state index in [1.165, 1.54) is 0 Å². The van der Waals surface area contributed by atoms with Crippen LogP contribution in [0, 0.1) is 0 Å². The lowest BCUT2D eigenvalue weighted by Crippen LogP contribution is -2.56. The van der Waals surface area contributed by atoms with Crippen molar-refractivity contribution in [3.63, 3.8) is 0 Å². The van der Waals surface area contributed by atoms with Gasteiger partial charge in [-0.15, -0.1) is 0 Å². The minimum atomic E-state index is -4.20. The molecule has 1 unspecified atom stereocenters. The van der Waals surface area contributed by atoms with Crippen molar-refractivity contribution in [1.29, 1.82) is 0 Å². The average Bonchev–Trinajstić information content (AvgIpc) is 2.32. The van der Waals surface area contributed by atoms with E-state index in [2.05, 4.69) is 4.90 Å². The molecule has 0 radical (unpaired) electrons. The van der Waals surface area contributed by atoms with Crippen molar-refractivity contribution in [2.75, 3.05) is 13.1 Å². The lowest BCUT2D eigenvalue weighted by atomic mass is 9.82. The van der Waals surface area contributed by atoms with Gasteiger partial charge >= 0.3 is 6.18 Å². The van der Waals surface area contributed by atoms with Crippen molar-refractivity contribution in [3.05, 3.63) is 0 Å². The van der Waals surface area contributed by atoms with Gasteiger partial charge in [-0.2, -0.15) is 13.2 Å². The molecule has 0 heterocycles. The summed E-state index contributed by atoms with van der Waals surface area (Å²) in [6.45, 7) is 9.28. The van der Waals surface area contributed by atoms with Crippen LogP contribution in [-0.2, 0) is 0 Å². The number of halogens is 3. The summed E-state index contributed by atoms with van der Waals surface area (Å²) in [6.07, 6.45) is -4.96. The lowest BCUT2D eigenvalue weighted by molar-refractivity contribution is -0.146. The van der Waals surface area contributed by atoms with Gasteiger partial charge in [-0.25, -0.2) is 0 Å². The van der Waals surface area contributed by atoms with Crippen LogP contribution in [0.15, 0.2) is 0 Å². The number of likely N-dealkylation sites (N-methyl/N-ethyl adjacent to an activating group) is 1. The zero-order valence-corrected chi connectivity index (χ0v) is 11.8. The normalized spacial score (nSPS) is 15.2. The quantitative estimate of drug-likeness (QED) is 0.728. The minimum Gasteiger partial charge on any atom is -0.391 e. The zero-order chi connectivity index (χ0) is 14.4. The van der Waals surface area contributed by atoms with Gasteiger partial charge < -0.3 is 5.11 Å².